The molecule has 0 radical (unpaired) electrons. The maximum atomic E-state index is 6.08. The number of oxazole rings is 1. The lowest BCUT2D eigenvalue weighted by molar-refractivity contribution is 0.109. The highest BCUT2D eigenvalue weighted by Gasteiger charge is 2.26. The molecule has 0 N–H and O–H groups in total. The lowest BCUT2D eigenvalue weighted by Gasteiger charge is -2.36. The Morgan fingerprint density at radius 3 is 2.38 bits per heavy atom. The molecule has 1 saturated heterocycles. The van der Waals surface area contributed by atoms with Gasteiger partial charge in [0.25, 0.3) is 0 Å². The minimum atomic E-state index is 0.218. The summed E-state index contributed by atoms with van der Waals surface area (Å²) in [5.41, 5.74) is 2.47. The zero-order valence-electron chi connectivity index (χ0n) is 17.5. The molecule has 29 heavy (non-hydrogen) atoms. The largest absolute Gasteiger partial charge is 0.439 e. The minimum absolute atomic E-state index is 0.218. The van der Waals surface area contributed by atoms with Crippen LogP contribution in [0.3, 0.4) is 0 Å². The molecule has 1 unspecified atom stereocenters. The molecular formula is C25H31N3O. The number of hydrogen-bond donors (Lipinski definition) is 0. The Kier molecular flexibility index (Phi) is 6.43. The average Bonchev–Trinajstić information content (AvgIpc) is 3.25. The van der Waals surface area contributed by atoms with Gasteiger partial charge in [0, 0.05) is 18.7 Å². The zero-order chi connectivity index (χ0) is 20.1. The Morgan fingerprint density at radius 2 is 1.69 bits per heavy atom. The Labute approximate surface area is 174 Å². The van der Waals surface area contributed by atoms with Crippen LogP contribution in [-0.2, 0) is 6.54 Å². The molecule has 0 aliphatic carbocycles. The van der Waals surface area contributed by atoms with Gasteiger partial charge in [-0.2, -0.15) is 0 Å². The van der Waals surface area contributed by atoms with Crippen molar-refractivity contribution in [2.45, 2.75) is 32.4 Å². The maximum absolute atomic E-state index is 6.08. The molecule has 1 atom stereocenters. The highest BCUT2D eigenvalue weighted by atomic mass is 16.4. The van der Waals surface area contributed by atoms with Crippen LogP contribution >= 0.6 is 0 Å². The molecule has 0 bridgehead atoms. The van der Waals surface area contributed by atoms with E-state index in [1.165, 1.54) is 18.4 Å². The number of nitrogens with zero attached hydrogens (tertiary/aromatic N) is 3. The molecule has 2 aromatic carbocycles. The zero-order valence-corrected chi connectivity index (χ0v) is 17.5. The van der Waals surface area contributed by atoms with Crippen LogP contribution < -0.4 is 0 Å². The lowest BCUT2D eigenvalue weighted by atomic mass is 9.95. The number of rotatable bonds is 7. The summed E-state index contributed by atoms with van der Waals surface area (Å²) in [5, 5.41) is 0. The van der Waals surface area contributed by atoms with Crippen LogP contribution in [0.25, 0.3) is 11.3 Å². The molecule has 1 aliphatic heterocycles. The highest BCUT2D eigenvalue weighted by molar-refractivity contribution is 5.55. The van der Waals surface area contributed by atoms with E-state index in [2.05, 4.69) is 71.2 Å². The summed E-state index contributed by atoms with van der Waals surface area (Å²) in [6.07, 6.45) is 4.32. The Morgan fingerprint density at radius 1 is 1.03 bits per heavy atom. The SMILES string of the molecule is CC(c1ncc(-c2ccccc2)o1)N1CCC(CN(C)Cc2ccccc2)CC1. The van der Waals surface area contributed by atoms with Crippen LogP contribution in [0.4, 0.5) is 0 Å². The summed E-state index contributed by atoms with van der Waals surface area (Å²) in [4.78, 5) is 9.53. The van der Waals surface area contributed by atoms with E-state index in [1.807, 2.05) is 24.4 Å². The number of piperidine rings is 1. The number of benzene rings is 2. The van der Waals surface area contributed by atoms with Crippen molar-refractivity contribution in [1.82, 2.24) is 14.8 Å². The molecule has 4 heteroatoms. The van der Waals surface area contributed by atoms with Gasteiger partial charge in [-0.25, -0.2) is 4.98 Å². The van der Waals surface area contributed by atoms with Crippen LogP contribution in [-0.4, -0.2) is 41.5 Å². The first-order valence-electron chi connectivity index (χ1n) is 10.7. The van der Waals surface area contributed by atoms with Gasteiger partial charge in [-0.1, -0.05) is 60.7 Å². The van der Waals surface area contributed by atoms with Crippen molar-refractivity contribution < 1.29 is 4.42 Å². The van der Waals surface area contributed by atoms with Crippen LogP contribution in [0.2, 0.25) is 0 Å². The van der Waals surface area contributed by atoms with E-state index < -0.39 is 0 Å². The fourth-order valence-electron chi connectivity index (χ4n) is 4.30. The first kappa shape index (κ1) is 19.9. The molecule has 0 spiro atoms. The summed E-state index contributed by atoms with van der Waals surface area (Å²) < 4.78 is 6.08. The van der Waals surface area contributed by atoms with Crippen molar-refractivity contribution in [3.8, 4) is 11.3 Å². The number of likely N-dealkylation sites (tertiary alicyclic amines) is 1. The third-order valence-electron chi connectivity index (χ3n) is 6.00. The van der Waals surface area contributed by atoms with Crippen molar-refractivity contribution in [2.75, 3.05) is 26.7 Å². The first-order valence-corrected chi connectivity index (χ1v) is 10.7. The van der Waals surface area contributed by atoms with Crippen molar-refractivity contribution in [3.05, 3.63) is 78.3 Å². The van der Waals surface area contributed by atoms with Crippen LogP contribution in [0.5, 0.6) is 0 Å². The van der Waals surface area contributed by atoms with Gasteiger partial charge in [-0.05, 0) is 51.4 Å². The molecule has 3 aromatic rings. The van der Waals surface area contributed by atoms with Crippen molar-refractivity contribution in [2.24, 2.45) is 5.92 Å². The second-order valence-electron chi connectivity index (χ2n) is 8.27. The van der Waals surface area contributed by atoms with E-state index >= 15 is 0 Å². The molecule has 0 saturated carbocycles. The maximum Gasteiger partial charge on any atom is 0.211 e. The van der Waals surface area contributed by atoms with E-state index in [9.17, 15) is 0 Å². The smallest absolute Gasteiger partial charge is 0.211 e. The van der Waals surface area contributed by atoms with E-state index in [0.717, 1.165) is 49.3 Å². The van der Waals surface area contributed by atoms with Gasteiger partial charge < -0.3 is 9.32 Å². The van der Waals surface area contributed by atoms with Gasteiger partial charge in [-0.15, -0.1) is 0 Å². The number of hydrogen-bond acceptors (Lipinski definition) is 4. The summed E-state index contributed by atoms with van der Waals surface area (Å²) >= 11 is 0. The topological polar surface area (TPSA) is 32.5 Å². The van der Waals surface area contributed by atoms with Crippen LogP contribution in [0, 0.1) is 5.92 Å². The molecule has 1 aliphatic rings. The average molecular weight is 390 g/mol. The molecule has 4 rings (SSSR count). The fourth-order valence-corrected chi connectivity index (χ4v) is 4.30. The second kappa shape index (κ2) is 9.38. The first-order chi connectivity index (χ1) is 14.2. The standard InChI is InChI=1S/C25H31N3O/c1-20(25-26-17-24(29-25)23-11-7-4-8-12-23)28-15-13-22(14-16-28)19-27(2)18-21-9-5-3-6-10-21/h3-12,17,20,22H,13-16,18-19H2,1-2H3. The Bertz CT molecular complexity index is 869. The third kappa shape index (κ3) is 5.14. The van der Waals surface area contributed by atoms with Crippen LogP contribution in [0.1, 0.15) is 37.3 Å². The summed E-state index contributed by atoms with van der Waals surface area (Å²) in [6.45, 7) is 6.61. The monoisotopic (exact) mass is 389 g/mol. The minimum Gasteiger partial charge on any atom is -0.439 e. The van der Waals surface area contributed by atoms with E-state index in [4.69, 9.17) is 4.42 Å². The quantitative estimate of drug-likeness (QED) is 0.553. The molecule has 1 aromatic heterocycles. The predicted molar refractivity (Wildman–Crippen MR) is 117 cm³/mol. The fraction of sp³-hybridized carbons (Fsp3) is 0.400. The predicted octanol–water partition coefficient (Wildman–Crippen LogP) is 5.25. The number of aromatic nitrogens is 1. The van der Waals surface area contributed by atoms with E-state index in [0.29, 0.717) is 0 Å². The van der Waals surface area contributed by atoms with Gasteiger partial charge in [-0.3, -0.25) is 4.90 Å². The molecule has 4 nitrogen and oxygen atoms in total. The third-order valence-corrected chi connectivity index (χ3v) is 6.00. The van der Waals surface area contributed by atoms with Gasteiger partial charge in [0.1, 0.15) is 0 Å². The van der Waals surface area contributed by atoms with Crippen molar-refractivity contribution in [1.29, 1.82) is 0 Å². The van der Waals surface area contributed by atoms with Gasteiger partial charge in [0.15, 0.2) is 5.76 Å². The normalized spacial score (nSPS) is 16.9. The van der Waals surface area contributed by atoms with E-state index in [1.54, 1.807) is 0 Å². The molecule has 2 heterocycles. The van der Waals surface area contributed by atoms with Gasteiger partial charge >= 0.3 is 0 Å². The van der Waals surface area contributed by atoms with Crippen LogP contribution in [0.15, 0.2) is 71.3 Å². The summed E-state index contributed by atoms with van der Waals surface area (Å²) in [7, 11) is 2.24. The highest BCUT2D eigenvalue weighted by Crippen LogP contribution is 2.29. The Balaban J connectivity index is 1.27. The second-order valence-corrected chi connectivity index (χ2v) is 8.27. The summed E-state index contributed by atoms with van der Waals surface area (Å²) in [6, 6.07) is 21.2. The van der Waals surface area contributed by atoms with E-state index in [-0.39, 0.29) is 6.04 Å². The van der Waals surface area contributed by atoms with Crippen molar-refractivity contribution >= 4 is 0 Å². The summed E-state index contributed by atoms with van der Waals surface area (Å²) in [5.74, 6) is 2.44. The molecular weight excluding hydrogens is 358 g/mol. The van der Waals surface area contributed by atoms with Crippen molar-refractivity contribution in [3.63, 3.8) is 0 Å². The molecule has 152 valence electrons. The Hall–Kier alpha value is -2.43. The van der Waals surface area contributed by atoms with Gasteiger partial charge in [0.2, 0.25) is 5.89 Å². The molecule has 1 fully saturated rings. The lowest BCUT2D eigenvalue weighted by Crippen LogP contribution is -2.39. The van der Waals surface area contributed by atoms with Gasteiger partial charge in [0.05, 0.1) is 12.2 Å². The molecule has 0 amide bonds.